The number of carbonyl (C=O) groups excluding carboxylic acids is 1. The number of benzene rings is 1. The summed E-state index contributed by atoms with van der Waals surface area (Å²) in [5, 5.41) is 2.81. The topological polar surface area (TPSA) is 51.2 Å². The van der Waals surface area contributed by atoms with Gasteiger partial charge in [-0.25, -0.2) is 14.2 Å². The molecule has 1 heterocycles. The highest BCUT2D eigenvalue weighted by atomic mass is 35.5. The number of halogens is 2. The van der Waals surface area contributed by atoms with Crippen LogP contribution in [0.15, 0.2) is 36.5 Å². The van der Waals surface area contributed by atoms with E-state index in [0.717, 1.165) is 0 Å². The zero-order valence-corrected chi connectivity index (χ0v) is 11.4. The molecule has 2 rings (SSSR count). The number of pyridine rings is 1. The lowest BCUT2D eigenvalue weighted by Gasteiger charge is -2.08. The van der Waals surface area contributed by atoms with E-state index in [-0.39, 0.29) is 10.7 Å². The first-order chi connectivity index (χ1) is 9.61. The fraction of sp³-hybridized carbons (Fsp3) is 0.143. The van der Waals surface area contributed by atoms with Gasteiger partial charge in [0.15, 0.2) is 5.82 Å². The summed E-state index contributed by atoms with van der Waals surface area (Å²) in [5.74, 6) is -0.592. The summed E-state index contributed by atoms with van der Waals surface area (Å²) in [6.07, 6.45) is 1.36. The first kappa shape index (κ1) is 14.3. The van der Waals surface area contributed by atoms with E-state index in [1.54, 1.807) is 31.2 Å². The van der Waals surface area contributed by atoms with Gasteiger partial charge in [-0.3, -0.25) is 0 Å². The minimum atomic E-state index is -0.551. The van der Waals surface area contributed by atoms with Gasteiger partial charge in [0.25, 0.3) is 0 Å². The normalized spacial score (nSPS) is 10.2. The van der Waals surface area contributed by atoms with Crippen molar-refractivity contribution in [3.63, 3.8) is 0 Å². The first-order valence-corrected chi connectivity index (χ1v) is 6.34. The maximum Gasteiger partial charge on any atom is 0.339 e. The number of rotatable bonds is 4. The van der Waals surface area contributed by atoms with Gasteiger partial charge < -0.3 is 10.1 Å². The Morgan fingerprint density at radius 2 is 2.20 bits per heavy atom. The van der Waals surface area contributed by atoms with Gasteiger partial charge in [-0.15, -0.1) is 0 Å². The summed E-state index contributed by atoms with van der Waals surface area (Å²) < 4.78 is 18.5. The third kappa shape index (κ3) is 3.24. The Labute approximate surface area is 120 Å². The largest absolute Gasteiger partial charge is 0.462 e. The number of hydrogen-bond donors (Lipinski definition) is 1. The van der Waals surface area contributed by atoms with Crippen molar-refractivity contribution in [2.24, 2.45) is 0 Å². The maximum atomic E-state index is 13.7. The lowest BCUT2D eigenvalue weighted by atomic mass is 10.2. The van der Waals surface area contributed by atoms with Gasteiger partial charge in [0, 0.05) is 6.20 Å². The molecule has 0 radical (unpaired) electrons. The van der Waals surface area contributed by atoms with Crippen molar-refractivity contribution >= 4 is 29.1 Å². The summed E-state index contributed by atoms with van der Waals surface area (Å²) in [5.41, 5.74) is 0.554. The Hall–Kier alpha value is -2.14. The molecule has 0 saturated heterocycles. The van der Waals surface area contributed by atoms with Gasteiger partial charge in [-0.2, -0.15) is 0 Å². The molecule has 2 aromatic rings. The molecule has 20 heavy (non-hydrogen) atoms. The highest BCUT2D eigenvalue weighted by Gasteiger charge is 2.09. The Morgan fingerprint density at radius 1 is 1.40 bits per heavy atom. The third-order valence-corrected chi connectivity index (χ3v) is 2.78. The zero-order chi connectivity index (χ0) is 14.5. The molecule has 0 atom stereocenters. The Morgan fingerprint density at radius 3 is 2.85 bits per heavy atom. The average molecular weight is 295 g/mol. The predicted molar refractivity (Wildman–Crippen MR) is 74.9 cm³/mol. The van der Waals surface area contributed by atoms with Crippen LogP contribution >= 0.6 is 11.6 Å². The van der Waals surface area contributed by atoms with Crippen molar-refractivity contribution in [2.45, 2.75) is 6.92 Å². The molecule has 0 bridgehead atoms. The second-order valence-corrected chi connectivity index (χ2v) is 4.29. The van der Waals surface area contributed by atoms with Crippen LogP contribution in [-0.2, 0) is 4.74 Å². The summed E-state index contributed by atoms with van der Waals surface area (Å²) in [7, 11) is 0. The fourth-order valence-corrected chi connectivity index (χ4v) is 1.72. The number of nitrogens with one attached hydrogen (secondary N) is 1. The van der Waals surface area contributed by atoms with Crippen molar-refractivity contribution in [2.75, 3.05) is 11.9 Å². The average Bonchev–Trinajstić information content (AvgIpc) is 2.45. The zero-order valence-electron chi connectivity index (χ0n) is 10.7. The molecule has 0 aliphatic rings. The Bertz CT molecular complexity index is 617. The smallest absolute Gasteiger partial charge is 0.339 e. The van der Waals surface area contributed by atoms with Crippen molar-refractivity contribution in [3.05, 3.63) is 52.9 Å². The summed E-state index contributed by atoms with van der Waals surface area (Å²) in [6, 6.07) is 7.74. The second-order valence-electron chi connectivity index (χ2n) is 3.88. The van der Waals surface area contributed by atoms with Gasteiger partial charge in [-0.05, 0) is 31.2 Å². The Balaban J connectivity index is 2.15. The lowest BCUT2D eigenvalue weighted by molar-refractivity contribution is 0.0526. The SMILES string of the molecule is CCOC(=O)c1ccc(Nc2cccc(Cl)c2F)nc1. The number of ether oxygens (including phenoxy) is 1. The number of hydrogen-bond acceptors (Lipinski definition) is 4. The molecule has 0 unspecified atom stereocenters. The third-order valence-electron chi connectivity index (χ3n) is 2.49. The molecule has 1 aromatic carbocycles. The summed E-state index contributed by atoms with van der Waals surface area (Å²) >= 11 is 5.69. The van der Waals surface area contributed by atoms with Gasteiger partial charge in [-0.1, -0.05) is 17.7 Å². The highest BCUT2D eigenvalue weighted by molar-refractivity contribution is 6.31. The molecule has 104 valence electrons. The van der Waals surface area contributed by atoms with Crippen LogP contribution in [0.25, 0.3) is 0 Å². The van der Waals surface area contributed by atoms with Crippen molar-refractivity contribution in [3.8, 4) is 0 Å². The molecule has 4 nitrogen and oxygen atoms in total. The van der Waals surface area contributed by atoms with Crippen molar-refractivity contribution < 1.29 is 13.9 Å². The number of esters is 1. The van der Waals surface area contributed by atoms with E-state index in [2.05, 4.69) is 10.3 Å². The van der Waals surface area contributed by atoms with Crippen LogP contribution in [0.1, 0.15) is 17.3 Å². The molecule has 0 spiro atoms. The molecule has 0 aliphatic heterocycles. The minimum absolute atomic E-state index is 0.0261. The van der Waals surface area contributed by atoms with Crippen LogP contribution in [0.2, 0.25) is 5.02 Å². The number of nitrogens with zero attached hydrogens (tertiary/aromatic N) is 1. The molecule has 0 amide bonds. The van der Waals surface area contributed by atoms with Gasteiger partial charge in [0.2, 0.25) is 0 Å². The van der Waals surface area contributed by atoms with Crippen molar-refractivity contribution in [1.29, 1.82) is 0 Å². The standard InChI is InChI=1S/C14H12ClFN2O2/c1-2-20-14(19)9-6-7-12(17-8-9)18-11-5-3-4-10(15)13(11)16/h3-8H,2H2,1H3,(H,17,18). The molecule has 0 fully saturated rings. The lowest BCUT2D eigenvalue weighted by Crippen LogP contribution is -2.05. The first-order valence-electron chi connectivity index (χ1n) is 5.96. The molecular formula is C14H12ClFN2O2. The minimum Gasteiger partial charge on any atom is -0.462 e. The van der Waals surface area contributed by atoms with Crippen LogP contribution in [0.5, 0.6) is 0 Å². The fourth-order valence-electron chi connectivity index (χ4n) is 1.54. The molecule has 0 aliphatic carbocycles. The Kier molecular flexibility index (Phi) is 4.53. The molecule has 1 N–H and O–H groups in total. The molecular weight excluding hydrogens is 283 g/mol. The number of anilines is 2. The van der Waals surface area contributed by atoms with E-state index in [0.29, 0.717) is 18.0 Å². The van der Waals surface area contributed by atoms with Gasteiger partial charge in [0.1, 0.15) is 5.82 Å². The van der Waals surface area contributed by atoms with Crippen LogP contribution in [0, 0.1) is 5.82 Å². The number of aromatic nitrogens is 1. The molecule has 0 saturated carbocycles. The molecule has 6 heteroatoms. The monoisotopic (exact) mass is 294 g/mol. The van der Waals surface area contributed by atoms with Gasteiger partial charge in [0.05, 0.1) is 22.9 Å². The van der Waals surface area contributed by atoms with Crippen LogP contribution < -0.4 is 5.32 Å². The van der Waals surface area contributed by atoms with E-state index in [4.69, 9.17) is 16.3 Å². The van der Waals surface area contributed by atoms with Crippen LogP contribution in [-0.4, -0.2) is 17.6 Å². The van der Waals surface area contributed by atoms with Gasteiger partial charge >= 0.3 is 5.97 Å². The predicted octanol–water partition coefficient (Wildman–Crippen LogP) is 3.79. The maximum absolute atomic E-state index is 13.7. The van der Waals surface area contributed by atoms with Crippen LogP contribution in [0.3, 0.4) is 0 Å². The summed E-state index contributed by atoms with van der Waals surface area (Å²) in [4.78, 5) is 15.5. The van der Waals surface area contributed by atoms with E-state index < -0.39 is 11.8 Å². The summed E-state index contributed by atoms with van der Waals surface area (Å²) in [6.45, 7) is 2.02. The number of carbonyl (C=O) groups is 1. The molecule has 1 aromatic heterocycles. The quantitative estimate of drug-likeness (QED) is 0.872. The van der Waals surface area contributed by atoms with Crippen molar-refractivity contribution in [1.82, 2.24) is 4.98 Å². The van der Waals surface area contributed by atoms with Crippen LogP contribution in [0.4, 0.5) is 15.9 Å². The van der Waals surface area contributed by atoms with E-state index in [9.17, 15) is 9.18 Å². The second kappa shape index (κ2) is 6.34. The van der Waals surface area contributed by atoms with E-state index in [1.165, 1.54) is 12.3 Å². The highest BCUT2D eigenvalue weighted by Crippen LogP contribution is 2.24. The van der Waals surface area contributed by atoms with E-state index in [1.807, 2.05) is 0 Å². The van der Waals surface area contributed by atoms with E-state index >= 15 is 0 Å².